The SMILES string of the molecule is CC(C)COC(=O)CCCCCCCCCCCCCCCC(CC(=O)OCC(C)C)C(C)C. The molecule has 0 aliphatic heterocycles. The highest BCUT2D eigenvalue weighted by atomic mass is 16.5. The second-order valence-electron chi connectivity index (χ2n) is 11.5. The molecular formula is C30H58O4. The van der Waals surface area contributed by atoms with E-state index in [1.54, 1.807) is 0 Å². The molecule has 0 saturated heterocycles. The number of esters is 2. The van der Waals surface area contributed by atoms with E-state index in [1.807, 2.05) is 0 Å². The molecule has 0 spiro atoms. The predicted molar refractivity (Wildman–Crippen MR) is 144 cm³/mol. The van der Waals surface area contributed by atoms with Crippen molar-refractivity contribution < 1.29 is 19.1 Å². The Kier molecular flexibility index (Phi) is 21.7. The molecule has 0 aromatic carbocycles. The first-order valence-corrected chi connectivity index (χ1v) is 14.5. The monoisotopic (exact) mass is 482 g/mol. The molecule has 0 aliphatic rings. The molecule has 0 bridgehead atoms. The Hall–Kier alpha value is -1.06. The summed E-state index contributed by atoms with van der Waals surface area (Å²) in [4.78, 5) is 23.6. The van der Waals surface area contributed by atoms with Crippen LogP contribution in [-0.2, 0) is 19.1 Å². The Morgan fingerprint density at radius 3 is 1.32 bits per heavy atom. The third kappa shape index (κ3) is 22.7. The number of unbranched alkanes of at least 4 members (excludes halogenated alkanes) is 12. The Bertz CT molecular complexity index is 484. The lowest BCUT2D eigenvalue weighted by Crippen LogP contribution is -2.18. The van der Waals surface area contributed by atoms with Crippen molar-refractivity contribution in [2.24, 2.45) is 23.7 Å². The van der Waals surface area contributed by atoms with Crippen molar-refractivity contribution in [3.05, 3.63) is 0 Å². The molecule has 0 aromatic rings. The van der Waals surface area contributed by atoms with Crippen molar-refractivity contribution in [1.29, 1.82) is 0 Å². The Morgan fingerprint density at radius 2 is 0.912 bits per heavy atom. The summed E-state index contributed by atoms with van der Waals surface area (Å²) < 4.78 is 10.6. The zero-order chi connectivity index (χ0) is 25.6. The maximum absolute atomic E-state index is 12.0. The topological polar surface area (TPSA) is 52.6 Å². The van der Waals surface area contributed by atoms with Gasteiger partial charge in [-0.3, -0.25) is 9.59 Å². The van der Waals surface area contributed by atoms with E-state index >= 15 is 0 Å². The first-order valence-electron chi connectivity index (χ1n) is 14.5. The molecular weight excluding hydrogens is 424 g/mol. The molecule has 0 aliphatic carbocycles. The largest absolute Gasteiger partial charge is 0.465 e. The zero-order valence-corrected chi connectivity index (χ0v) is 23.7. The van der Waals surface area contributed by atoms with Crippen molar-refractivity contribution in [3.8, 4) is 0 Å². The van der Waals surface area contributed by atoms with Gasteiger partial charge < -0.3 is 9.47 Å². The fourth-order valence-electron chi connectivity index (χ4n) is 4.16. The summed E-state index contributed by atoms with van der Waals surface area (Å²) in [7, 11) is 0. The molecule has 0 radical (unpaired) electrons. The van der Waals surface area contributed by atoms with Gasteiger partial charge in [-0.2, -0.15) is 0 Å². The molecule has 4 nitrogen and oxygen atoms in total. The van der Waals surface area contributed by atoms with E-state index in [0.717, 1.165) is 19.3 Å². The summed E-state index contributed by atoms with van der Waals surface area (Å²) in [6.07, 6.45) is 18.9. The predicted octanol–water partition coefficient (Wildman–Crippen LogP) is 8.90. The van der Waals surface area contributed by atoms with Crippen LogP contribution in [0.1, 0.15) is 144 Å². The number of hydrogen-bond donors (Lipinski definition) is 0. The molecule has 202 valence electrons. The van der Waals surface area contributed by atoms with Crippen LogP contribution in [0.25, 0.3) is 0 Å². The van der Waals surface area contributed by atoms with Gasteiger partial charge in [-0.05, 0) is 36.5 Å². The standard InChI is InChI=1S/C30H58O4/c1-25(2)23-33-29(31)21-19-17-15-13-11-9-7-8-10-12-14-16-18-20-28(27(5)6)22-30(32)34-24-26(3)4/h25-28H,7-24H2,1-6H3. The van der Waals surface area contributed by atoms with Gasteiger partial charge in [0.2, 0.25) is 0 Å². The van der Waals surface area contributed by atoms with Gasteiger partial charge in [0.25, 0.3) is 0 Å². The molecule has 0 aromatic heterocycles. The molecule has 0 fully saturated rings. The van der Waals surface area contributed by atoms with E-state index < -0.39 is 0 Å². The zero-order valence-electron chi connectivity index (χ0n) is 23.7. The lowest BCUT2D eigenvalue weighted by molar-refractivity contribution is -0.146. The Morgan fingerprint density at radius 1 is 0.529 bits per heavy atom. The lowest BCUT2D eigenvalue weighted by Gasteiger charge is -2.20. The van der Waals surface area contributed by atoms with Crippen LogP contribution in [0.15, 0.2) is 0 Å². The van der Waals surface area contributed by atoms with Gasteiger partial charge in [-0.1, -0.05) is 119 Å². The van der Waals surface area contributed by atoms with Crippen molar-refractivity contribution in [2.45, 2.75) is 144 Å². The summed E-state index contributed by atoms with van der Waals surface area (Å²) >= 11 is 0. The van der Waals surface area contributed by atoms with Gasteiger partial charge in [0, 0.05) is 12.8 Å². The fraction of sp³-hybridized carbons (Fsp3) is 0.933. The quantitative estimate of drug-likeness (QED) is 0.108. The average molecular weight is 483 g/mol. The summed E-state index contributed by atoms with van der Waals surface area (Å²) in [5.41, 5.74) is 0. The molecule has 4 heteroatoms. The highest BCUT2D eigenvalue weighted by molar-refractivity contribution is 5.69. The Labute approximate surface area is 212 Å². The third-order valence-electron chi connectivity index (χ3n) is 6.48. The molecule has 34 heavy (non-hydrogen) atoms. The van der Waals surface area contributed by atoms with Gasteiger partial charge in [-0.15, -0.1) is 0 Å². The first kappa shape index (κ1) is 32.9. The van der Waals surface area contributed by atoms with Crippen molar-refractivity contribution in [2.75, 3.05) is 13.2 Å². The maximum Gasteiger partial charge on any atom is 0.306 e. The van der Waals surface area contributed by atoms with E-state index in [9.17, 15) is 9.59 Å². The van der Waals surface area contributed by atoms with Gasteiger partial charge in [-0.25, -0.2) is 0 Å². The summed E-state index contributed by atoms with van der Waals surface area (Å²) in [6, 6.07) is 0. The molecule has 1 atom stereocenters. The van der Waals surface area contributed by atoms with Crippen LogP contribution in [0.2, 0.25) is 0 Å². The molecule has 0 rings (SSSR count). The number of rotatable bonds is 23. The Balaban J connectivity index is 3.48. The number of ether oxygens (including phenoxy) is 2. The van der Waals surface area contributed by atoms with Crippen molar-refractivity contribution >= 4 is 11.9 Å². The van der Waals surface area contributed by atoms with Gasteiger partial charge >= 0.3 is 11.9 Å². The van der Waals surface area contributed by atoms with Crippen LogP contribution in [0.4, 0.5) is 0 Å². The highest BCUT2D eigenvalue weighted by Crippen LogP contribution is 2.23. The summed E-state index contributed by atoms with van der Waals surface area (Å²) in [6.45, 7) is 13.8. The number of carbonyl (C=O) groups excluding carboxylic acids is 2. The second kappa shape index (κ2) is 22.4. The van der Waals surface area contributed by atoms with Crippen LogP contribution in [0.3, 0.4) is 0 Å². The minimum Gasteiger partial charge on any atom is -0.465 e. The molecule has 0 saturated carbocycles. The highest BCUT2D eigenvalue weighted by Gasteiger charge is 2.18. The number of hydrogen-bond acceptors (Lipinski definition) is 4. The number of carbonyl (C=O) groups is 2. The van der Waals surface area contributed by atoms with Gasteiger partial charge in [0.05, 0.1) is 13.2 Å². The first-order chi connectivity index (χ1) is 16.2. The molecule has 1 unspecified atom stereocenters. The van der Waals surface area contributed by atoms with Crippen LogP contribution >= 0.6 is 0 Å². The van der Waals surface area contributed by atoms with Crippen LogP contribution in [0, 0.1) is 23.7 Å². The van der Waals surface area contributed by atoms with Gasteiger partial charge in [0.15, 0.2) is 0 Å². The third-order valence-corrected chi connectivity index (χ3v) is 6.48. The second-order valence-corrected chi connectivity index (χ2v) is 11.5. The van der Waals surface area contributed by atoms with Crippen molar-refractivity contribution in [1.82, 2.24) is 0 Å². The van der Waals surface area contributed by atoms with Gasteiger partial charge in [0.1, 0.15) is 0 Å². The molecule has 0 amide bonds. The molecule has 0 N–H and O–H groups in total. The van der Waals surface area contributed by atoms with Crippen molar-refractivity contribution in [3.63, 3.8) is 0 Å². The minimum atomic E-state index is -0.0322. The average Bonchev–Trinajstić information content (AvgIpc) is 2.77. The van der Waals surface area contributed by atoms with E-state index in [-0.39, 0.29) is 11.9 Å². The van der Waals surface area contributed by atoms with Crippen LogP contribution < -0.4 is 0 Å². The van der Waals surface area contributed by atoms with E-state index in [0.29, 0.717) is 49.7 Å². The summed E-state index contributed by atoms with van der Waals surface area (Å²) in [5.74, 6) is 1.77. The van der Waals surface area contributed by atoms with E-state index in [4.69, 9.17) is 9.47 Å². The minimum absolute atomic E-state index is 0.0193. The van der Waals surface area contributed by atoms with E-state index in [1.165, 1.54) is 70.6 Å². The smallest absolute Gasteiger partial charge is 0.306 e. The lowest BCUT2D eigenvalue weighted by atomic mass is 9.87. The molecule has 0 heterocycles. The normalized spacial score (nSPS) is 12.5. The summed E-state index contributed by atoms with van der Waals surface area (Å²) in [5, 5.41) is 0. The van der Waals surface area contributed by atoms with E-state index in [2.05, 4.69) is 41.5 Å². The van der Waals surface area contributed by atoms with Crippen LogP contribution in [-0.4, -0.2) is 25.2 Å². The van der Waals surface area contributed by atoms with Crippen LogP contribution in [0.5, 0.6) is 0 Å². The maximum atomic E-state index is 12.0. The fourth-order valence-corrected chi connectivity index (χ4v) is 4.16.